The van der Waals surface area contributed by atoms with Crippen LogP contribution in [0.3, 0.4) is 0 Å². The summed E-state index contributed by atoms with van der Waals surface area (Å²) in [6.45, 7) is 0. The van der Waals surface area contributed by atoms with E-state index in [1.165, 1.54) is 16.3 Å². The van der Waals surface area contributed by atoms with Gasteiger partial charge in [0.15, 0.2) is 12.4 Å². The van der Waals surface area contributed by atoms with Gasteiger partial charge in [0, 0.05) is 53.1 Å². The molecule has 136 valence electrons. The number of nitrogens with zero attached hydrogens (tertiary/aromatic N) is 4. The van der Waals surface area contributed by atoms with Crippen LogP contribution in [0.1, 0.15) is 0 Å². The van der Waals surface area contributed by atoms with Gasteiger partial charge in [-0.25, -0.2) is 4.52 Å². The second kappa shape index (κ2) is 6.24. The molecule has 0 unspecified atom stereocenters. The Morgan fingerprint density at radius 2 is 1.66 bits per heavy atom. The van der Waals surface area contributed by atoms with E-state index in [4.69, 9.17) is 0 Å². The van der Waals surface area contributed by atoms with Crippen LogP contribution in [0.5, 0.6) is 0 Å². The molecule has 4 nitrogen and oxygen atoms in total. The minimum Gasteiger partial charge on any atom is -0.256 e. The van der Waals surface area contributed by atoms with Crippen LogP contribution >= 0.6 is 0 Å². The zero-order chi connectivity index (χ0) is 19.2. The van der Waals surface area contributed by atoms with Crippen molar-refractivity contribution in [2.24, 2.45) is 0 Å². The van der Waals surface area contributed by atoms with Gasteiger partial charge in [-0.1, -0.05) is 18.2 Å². The maximum atomic E-state index is 4.47. The van der Waals surface area contributed by atoms with Crippen LogP contribution in [0, 0.1) is 0 Å². The average Bonchev–Trinajstić information content (AvgIpc) is 3.26. The van der Waals surface area contributed by atoms with Gasteiger partial charge in [0.1, 0.15) is 0 Å². The molecule has 0 aliphatic heterocycles. The molecule has 0 aliphatic rings. The first-order valence-corrected chi connectivity index (χ1v) is 9.58. The van der Waals surface area contributed by atoms with Crippen molar-refractivity contribution in [1.29, 1.82) is 0 Å². The Kier molecular flexibility index (Phi) is 3.43. The molecule has 4 heterocycles. The summed E-state index contributed by atoms with van der Waals surface area (Å²) in [4.78, 5) is 4.47. The first-order valence-electron chi connectivity index (χ1n) is 9.58. The molecule has 4 aromatic heterocycles. The third-order valence-corrected chi connectivity index (χ3v) is 5.40. The molecular formula is C25H17N4+. The summed E-state index contributed by atoms with van der Waals surface area (Å²) in [6, 6.07) is 25.4. The van der Waals surface area contributed by atoms with E-state index in [1.54, 1.807) is 0 Å². The Hall–Kier alpha value is -4.05. The lowest BCUT2D eigenvalue weighted by atomic mass is 10.0. The largest absolute Gasteiger partial charge is 0.256 e. The Balaban J connectivity index is 1.42. The van der Waals surface area contributed by atoms with E-state index in [9.17, 15) is 0 Å². The van der Waals surface area contributed by atoms with E-state index in [1.807, 2.05) is 29.0 Å². The number of fused-ring (bicyclic) bond motifs is 3. The van der Waals surface area contributed by atoms with E-state index in [0.29, 0.717) is 0 Å². The fourth-order valence-electron chi connectivity index (χ4n) is 3.83. The third-order valence-electron chi connectivity index (χ3n) is 5.40. The van der Waals surface area contributed by atoms with Crippen molar-refractivity contribution in [2.75, 3.05) is 0 Å². The number of pyridine rings is 3. The molecule has 0 spiro atoms. The smallest absolute Gasteiger partial charge is 0.212 e. The highest BCUT2D eigenvalue weighted by atomic mass is 15.2. The Labute approximate surface area is 167 Å². The van der Waals surface area contributed by atoms with Crippen molar-refractivity contribution >= 4 is 27.2 Å². The van der Waals surface area contributed by atoms with Crippen LogP contribution < -0.4 is 4.57 Å². The highest BCUT2D eigenvalue weighted by molar-refractivity contribution is 5.86. The molecule has 2 aromatic carbocycles. The molecule has 0 radical (unpaired) electrons. The second-order valence-corrected chi connectivity index (χ2v) is 7.19. The first-order chi connectivity index (χ1) is 14.3. The van der Waals surface area contributed by atoms with Gasteiger partial charge in [-0.05, 0) is 47.3 Å². The maximum absolute atomic E-state index is 4.47. The number of rotatable bonds is 2. The van der Waals surface area contributed by atoms with Crippen LogP contribution in [0.2, 0.25) is 0 Å². The predicted octanol–water partition coefficient (Wildman–Crippen LogP) is 4.98. The summed E-state index contributed by atoms with van der Waals surface area (Å²) in [5.41, 5.74) is 5.54. The summed E-state index contributed by atoms with van der Waals surface area (Å²) in [6.07, 6.45) is 9.99. The van der Waals surface area contributed by atoms with Crippen LogP contribution in [-0.2, 0) is 0 Å². The molecule has 0 saturated carbocycles. The van der Waals surface area contributed by atoms with Crippen molar-refractivity contribution in [1.82, 2.24) is 14.6 Å². The zero-order valence-corrected chi connectivity index (χ0v) is 15.6. The van der Waals surface area contributed by atoms with Crippen LogP contribution in [0.4, 0.5) is 0 Å². The number of aromatic nitrogens is 4. The normalized spacial score (nSPS) is 11.4. The van der Waals surface area contributed by atoms with Gasteiger partial charge in [0.25, 0.3) is 0 Å². The van der Waals surface area contributed by atoms with E-state index < -0.39 is 0 Å². The molecule has 0 fully saturated rings. The Bertz CT molecular complexity index is 1510. The standard InChI is InChI=1S/C25H17N4/c1-2-18-5-8-24(15-25(18)26-11-1)28-13-10-20-14-19(3-4-21(20)16-28)22-6-7-23-9-12-27-29(23)17-22/h1-17H/q+1. The molecule has 0 aliphatic carbocycles. The second-order valence-electron chi connectivity index (χ2n) is 7.19. The lowest BCUT2D eigenvalue weighted by Crippen LogP contribution is -2.29. The van der Waals surface area contributed by atoms with Crippen molar-refractivity contribution < 1.29 is 4.57 Å². The maximum Gasteiger partial charge on any atom is 0.212 e. The van der Waals surface area contributed by atoms with Gasteiger partial charge in [-0.3, -0.25) is 4.98 Å². The molecule has 0 N–H and O–H groups in total. The molecule has 4 heteroatoms. The Morgan fingerprint density at radius 1 is 0.724 bits per heavy atom. The zero-order valence-electron chi connectivity index (χ0n) is 15.6. The number of hydrogen-bond acceptors (Lipinski definition) is 2. The Morgan fingerprint density at radius 3 is 2.66 bits per heavy atom. The molecule has 0 amide bonds. The monoisotopic (exact) mass is 373 g/mol. The van der Waals surface area contributed by atoms with Gasteiger partial charge >= 0.3 is 0 Å². The van der Waals surface area contributed by atoms with Gasteiger partial charge in [0.05, 0.1) is 11.0 Å². The fraction of sp³-hybridized carbons (Fsp3) is 0. The van der Waals surface area contributed by atoms with E-state index in [2.05, 4.69) is 93.9 Å². The van der Waals surface area contributed by atoms with Crippen molar-refractivity contribution in [3.63, 3.8) is 0 Å². The molecule has 0 atom stereocenters. The predicted molar refractivity (Wildman–Crippen MR) is 115 cm³/mol. The average molecular weight is 373 g/mol. The van der Waals surface area contributed by atoms with Crippen LogP contribution in [-0.4, -0.2) is 14.6 Å². The van der Waals surface area contributed by atoms with Gasteiger partial charge in [-0.15, -0.1) is 0 Å². The lowest BCUT2D eigenvalue weighted by Gasteiger charge is -2.05. The van der Waals surface area contributed by atoms with Gasteiger partial charge < -0.3 is 0 Å². The van der Waals surface area contributed by atoms with E-state index in [0.717, 1.165) is 27.7 Å². The summed E-state index contributed by atoms with van der Waals surface area (Å²) >= 11 is 0. The summed E-state index contributed by atoms with van der Waals surface area (Å²) in [5, 5.41) is 7.89. The topological polar surface area (TPSA) is 34.1 Å². The van der Waals surface area contributed by atoms with Crippen LogP contribution in [0.25, 0.3) is 44.0 Å². The fourth-order valence-corrected chi connectivity index (χ4v) is 3.83. The molecule has 0 saturated heterocycles. The minimum atomic E-state index is 1.00. The highest BCUT2D eigenvalue weighted by Crippen LogP contribution is 2.24. The SMILES string of the molecule is c1cnc2cc(-[n+]3ccc4cc(-c5ccc6ccnn6c5)ccc4c3)ccc2c1. The molecule has 29 heavy (non-hydrogen) atoms. The first kappa shape index (κ1) is 16.0. The summed E-state index contributed by atoms with van der Waals surface area (Å²) in [7, 11) is 0. The number of benzene rings is 2. The van der Waals surface area contributed by atoms with Gasteiger partial charge in [0.2, 0.25) is 5.69 Å². The van der Waals surface area contributed by atoms with Crippen molar-refractivity contribution in [3.8, 4) is 16.8 Å². The highest BCUT2D eigenvalue weighted by Gasteiger charge is 2.10. The van der Waals surface area contributed by atoms with Crippen LogP contribution in [0.15, 0.2) is 104 Å². The summed E-state index contributed by atoms with van der Waals surface area (Å²) < 4.78 is 4.05. The third kappa shape index (κ3) is 2.74. The molecule has 0 bridgehead atoms. The van der Waals surface area contributed by atoms with E-state index in [-0.39, 0.29) is 0 Å². The summed E-state index contributed by atoms with van der Waals surface area (Å²) in [5.74, 6) is 0. The molecule has 6 rings (SSSR count). The van der Waals surface area contributed by atoms with Crippen molar-refractivity contribution in [2.45, 2.75) is 0 Å². The van der Waals surface area contributed by atoms with E-state index >= 15 is 0 Å². The molecular weight excluding hydrogens is 356 g/mol. The lowest BCUT2D eigenvalue weighted by molar-refractivity contribution is -0.594. The van der Waals surface area contributed by atoms with Crippen molar-refractivity contribution in [3.05, 3.63) is 104 Å². The quantitative estimate of drug-likeness (QED) is 0.401. The minimum absolute atomic E-state index is 1.00. The van der Waals surface area contributed by atoms with Gasteiger partial charge in [-0.2, -0.15) is 9.67 Å². The number of hydrogen-bond donors (Lipinski definition) is 0. The molecule has 6 aromatic rings.